The fourth-order valence-corrected chi connectivity index (χ4v) is 1.80. The predicted molar refractivity (Wildman–Crippen MR) is 84.6 cm³/mol. The zero-order chi connectivity index (χ0) is 14.0. The molecule has 0 aromatic heterocycles. The van der Waals surface area contributed by atoms with Gasteiger partial charge in [0.1, 0.15) is 0 Å². The van der Waals surface area contributed by atoms with Gasteiger partial charge in [-0.15, -0.1) is 0 Å². The van der Waals surface area contributed by atoms with E-state index >= 15 is 0 Å². The Morgan fingerprint density at radius 1 is 0.833 bits per heavy atom. The van der Waals surface area contributed by atoms with Crippen molar-refractivity contribution >= 4 is 0 Å². The van der Waals surface area contributed by atoms with Gasteiger partial charge in [-0.1, -0.05) is 75.1 Å². The van der Waals surface area contributed by atoms with E-state index in [1.807, 2.05) is 32.9 Å². The lowest BCUT2D eigenvalue weighted by atomic mass is 9.76. The summed E-state index contributed by atoms with van der Waals surface area (Å²) in [7, 11) is 0. The second-order valence-corrected chi connectivity index (χ2v) is 4.63. The van der Waals surface area contributed by atoms with E-state index in [1.54, 1.807) is 0 Å². The molecule has 98 valence electrons. The SMILES string of the molecule is C=C/C=C(\C=C/C)C(C)(C)C(/C=C\C)=C/C=C\C. The second-order valence-electron chi connectivity index (χ2n) is 4.63. The molecule has 0 saturated carbocycles. The van der Waals surface area contributed by atoms with Gasteiger partial charge in [-0.05, 0) is 31.9 Å². The summed E-state index contributed by atoms with van der Waals surface area (Å²) in [5.74, 6) is 0. The first kappa shape index (κ1) is 16.4. The van der Waals surface area contributed by atoms with Crippen LogP contribution in [0, 0.1) is 5.41 Å². The van der Waals surface area contributed by atoms with Gasteiger partial charge < -0.3 is 0 Å². The van der Waals surface area contributed by atoms with Crippen LogP contribution < -0.4 is 0 Å². The van der Waals surface area contributed by atoms with Crippen LogP contribution in [0.2, 0.25) is 0 Å². The average molecular weight is 242 g/mol. The third-order valence-corrected chi connectivity index (χ3v) is 2.90. The highest BCUT2D eigenvalue weighted by molar-refractivity contribution is 5.42. The monoisotopic (exact) mass is 242 g/mol. The first-order valence-corrected chi connectivity index (χ1v) is 6.46. The summed E-state index contributed by atoms with van der Waals surface area (Å²) >= 11 is 0. The Kier molecular flexibility index (Phi) is 7.78. The molecular weight excluding hydrogens is 216 g/mol. The average Bonchev–Trinajstić information content (AvgIpc) is 2.34. The summed E-state index contributed by atoms with van der Waals surface area (Å²) in [5.41, 5.74) is 2.51. The first-order chi connectivity index (χ1) is 8.54. The van der Waals surface area contributed by atoms with Crippen molar-refractivity contribution in [3.63, 3.8) is 0 Å². The van der Waals surface area contributed by atoms with Crippen LogP contribution in [0.3, 0.4) is 0 Å². The molecule has 0 heterocycles. The van der Waals surface area contributed by atoms with Gasteiger partial charge in [-0.2, -0.15) is 0 Å². The van der Waals surface area contributed by atoms with E-state index in [4.69, 9.17) is 0 Å². The van der Waals surface area contributed by atoms with E-state index in [-0.39, 0.29) is 5.41 Å². The molecule has 0 unspecified atom stereocenters. The predicted octanol–water partition coefficient (Wildman–Crippen LogP) is 5.78. The Morgan fingerprint density at radius 2 is 1.33 bits per heavy atom. The van der Waals surface area contributed by atoms with Crippen LogP contribution in [-0.4, -0.2) is 0 Å². The molecule has 0 aliphatic rings. The maximum Gasteiger partial charge on any atom is 0.0146 e. The molecule has 0 rings (SSSR count). The van der Waals surface area contributed by atoms with Crippen molar-refractivity contribution in [2.45, 2.75) is 34.6 Å². The fraction of sp³-hybridized carbons (Fsp3) is 0.333. The van der Waals surface area contributed by atoms with Crippen molar-refractivity contribution in [3.8, 4) is 0 Å². The van der Waals surface area contributed by atoms with Crippen LogP contribution in [0.5, 0.6) is 0 Å². The van der Waals surface area contributed by atoms with E-state index in [1.165, 1.54) is 11.1 Å². The molecule has 0 aliphatic heterocycles. The Labute approximate surface area is 113 Å². The maximum atomic E-state index is 3.80. The number of hydrogen-bond acceptors (Lipinski definition) is 0. The lowest BCUT2D eigenvalue weighted by Crippen LogP contribution is -2.16. The lowest BCUT2D eigenvalue weighted by Gasteiger charge is -2.28. The highest BCUT2D eigenvalue weighted by Crippen LogP contribution is 2.36. The Bertz CT molecular complexity index is 396. The highest BCUT2D eigenvalue weighted by Gasteiger charge is 2.24. The molecule has 0 atom stereocenters. The van der Waals surface area contributed by atoms with E-state index in [2.05, 4.69) is 63.0 Å². The van der Waals surface area contributed by atoms with E-state index in [0.29, 0.717) is 0 Å². The summed E-state index contributed by atoms with van der Waals surface area (Å²) in [6.45, 7) is 14.4. The van der Waals surface area contributed by atoms with Crippen molar-refractivity contribution in [3.05, 3.63) is 72.4 Å². The van der Waals surface area contributed by atoms with Gasteiger partial charge in [0.25, 0.3) is 0 Å². The second kappa shape index (κ2) is 8.52. The minimum atomic E-state index is -0.0350. The molecule has 0 nitrogen and oxygen atoms in total. The molecule has 0 heteroatoms. The summed E-state index contributed by atoms with van der Waals surface area (Å²) in [6, 6.07) is 0. The fourth-order valence-electron chi connectivity index (χ4n) is 1.80. The molecule has 0 N–H and O–H groups in total. The van der Waals surface area contributed by atoms with Crippen LogP contribution >= 0.6 is 0 Å². The summed E-state index contributed by atoms with van der Waals surface area (Å²) in [6.07, 6.45) is 18.7. The van der Waals surface area contributed by atoms with Crippen molar-refractivity contribution in [2.75, 3.05) is 0 Å². The number of rotatable bonds is 6. The standard InChI is InChI=1S/C18H26/c1-7-11-15-17(14-10-4)18(5,6)16(12-8-2)13-9-3/h7-15H,2H2,1,3-6H3/b11-7-,13-9-,14-10-,16-12+,17-15+. The van der Waals surface area contributed by atoms with Crippen LogP contribution in [0.1, 0.15) is 34.6 Å². The molecule has 18 heavy (non-hydrogen) atoms. The maximum absolute atomic E-state index is 3.80. The largest absolute Gasteiger partial charge is 0.0991 e. The van der Waals surface area contributed by atoms with Gasteiger partial charge in [0.15, 0.2) is 0 Å². The zero-order valence-corrected chi connectivity index (χ0v) is 12.4. The highest BCUT2D eigenvalue weighted by atomic mass is 14.3. The van der Waals surface area contributed by atoms with E-state index in [9.17, 15) is 0 Å². The smallest absolute Gasteiger partial charge is 0.0146 e. The number of hydrogen-bond donors (Lipinski definition) is 0. The zero-order valence-electron chi connectivity index (χ0n) is 12.4. The minimum Gasteiger partial charge on any atom is -0.0991 e. The van der Waals surface area contributed by atoms with E-state index < -0.39 is 0 Å². The summed E-state index contributed by atoms with van der Waals surface area (Å²) < 4.78 is 0. The molecular formula is C18H26. The molecule has 0 amide bonds. The van der Waals surface area contributed by atoms with Gasteiger partial charge >= 0.3 is 0 Å². The van der Waals surface area contributed by atoms with Crippen molar-refractivity contribution in [1.82, 2.24) is 0 Å². The molecule has 0 spiro atoms. The molecule has 0 aliphatic carbocycles. The number of allylic oxidation sites excluding steroid dienone is 11. The van der Waals surface area contributed by atoms with Gasteiger partial charge in [-0.3, -0.25) is 0 Å². The van der Waals surface area contributed by atoms with Crippen LogP contribution in [0.25, 0.3) is 0 Å². The Hall–Kier alpha value is -1.56. The Balaban J connectivity index is 5.65. The van der Waals surface area contributed by atoms with Crippen molar-refractivity contribution < 1.29 is 0 Å². The third-order valence-electron chi connectivity index (χ3n) is 2.90. The van der Waals surface area contributed by atoms with Gasteiger partial charge in [-0.25, -0.2) is 0 Å². The van der Waals surface area contributed by atoms with Crippen molar-refractivity contribution in [1.29, 1.82) is 0 Å². The summed E-state index contributed by atoms with van der Waals surface area (Å²) in [5, 5.41) is 0. The summed E-state index contributed by atoms with van der Waals surface area (Å²) in [4.78, 5) is 0. The first-order valence-electron chi connectivity index (χ1n) is 6.46. The molecule has 0 aromatic carbocycles. The van der Waals surface area contributed by atoms with Gasteiger partial charge in [0.05, 0.1) is 0 Å². The molecule has 0 saturated heterocycles. The molecule has 0 aromatic rings. The molecule has 0 radical (unpaired) electrons. The van der Waals surface area contributed by atoms with E-state index in [0.717, 1.165) is 0 Å². The van der Waals surface area contributed by atoms with Crippen LogP contribution in [-0.2, 0) is 0 Å². The van der Waals surface area contributed by atoms with Crippen LogP contribution in [0.15, 0.2) is 72.4 Å². The lowest BCUT2D eigenvalue weighted by molar-refractivity contribution is 0.566. The molecule has 0 fully saturated rings. The van der Waals surface area contributed by atoms with Gasteiger partial charge in [0.2, 0.25) is 0 Å². The van der Waals surface area contributed by atoms with Crippen molar-refractivity contribution in [2.24, 2.45) is 5.41 Å². The normalized spacial score (nSPS) is 15.2. The van der Waals surface area contributed by atoms with Crippen LogP contribution in [0.4, 0.5) is 0 Å². The molecule has 0 bridgehead atoms. The minimum absolute atomic E-state index is 0.0350. The quantitative estimate of drug-likeness (QED) is 0.518. The Morgan fingerprint density at radius 3 is 1.72 bits per heavy atom. The van der Waals surface area contributed by atoms with Gasteiger partial charge in [0, 0.05) is 5.41 Å². The topological polar surface area (TPSA) is 0 Å². The third kappa shape index (κ3) is 4.75.